The van der Waals surface area contributed by atoms with Crippen molar-refractivity contribution < 1.29 is 9.53 Å². The van der Waals surface area contributed by atoms with Gasteiger partial charge < -0.3 is 15.4 Å². The van der Waals surface area contributed by atoms with Crippen molar-refractivity contribution in [2.24, 2.45) is 0 Å². The third-order valence-electron chi connectivity index (χ3n) is 4.15. The Hall–Kier alpha value is -2.01. The first-order valence-corrected chi connectivity index (χ1v) is 7.94. The highest BCUT2D eigenvalue weighted by Crippen LogP contribution is 2.42. The highest BCUT2D eigenvalue weighted by molar-refractivity contribution is 7.16. The first-order chi connectivity index (χ1) is 10.3. The fourth-order valence-corrected chi connectivity index (χ4v) is 4.39. The average molecular weight is 300 g/mol. The van der Waals surface area contributed by atoms with Gasteiger partial charge in [0.05, 0.1) is 12.7 Å². The van der Waals surface area contributed by atoms with Gasteiger partial charge in [-0.25, -0.2) is 0 Å². The van der Waals surface area contributed by atoms with Gasteiger partial charge in [-0.05, 0) is 42.5 Å². The van der Waals surface area contributed by atoms with Crippen molar-refractivity contribution in [3.63, 3.8) is 0 Å². The molecule has 1 aliphatic carbocycles. The van der Waals surface area contributed by atoms with Crippen LogP contribution in [0.25, 0.3) is 0 Å². The minimum Gasteiger partial charge on any atom is -0.497 e. The van der Waals surface area contributed by atoms with E-state index < -0.39 is 0 Å². The molecule has 4 nitrogen and oxygen atoms in total. The summed E-state index contributed by atoms with van der Waals surface area (Å²) < 4.78 is 5.17. The Balaban J connectivity index is 1.66. The molecule has 5 heteroatoms. The Morgan fingerprint density at radius 3 is 2.76 bits per heavy atom. The smallest absolute Gasteiger partial charge is 0.256 e. The first-order valence-electron chi connectivity index (χ1n) is 7.12. The molecule has 21 heavy (non-hydrogen) atoms. The van der Waals surface area contributed by atoms with Gasteiger partial charge in [0.2, 0.25) is 0 Å². The Morgan fingerprint density at radius 1 is 1.19 bits per heavy atom. The fourth-order valence-electron chi connectivity index (χ4n) is 3.08. The Morgan fingerprint density at radius 2 is 2.00 bits per heavy atom. The number of anilines is 1. The average Bonchev–Trinajstić information content (AvgIpc) is 3.07. The number of amides is 1. The number of hydrogen-bond donors (Lipinski definition) is 2. The quantitative estimate of drug-likeness (QED) is 0.896. The lowest BCUT2D eigenvalue weighted by molar-refractivity contribution is 0.0935. The van der Waals surface area contributed by atoms with Crippen molar-refractivity contribution in [3.05, 3.63) is 45.8 Å². The third kappa shape index (κ3) is 2.00. The number of nitrogens with one attached hydrogen (secondary N) is 2. The SMILES string of the molecule is COc1ccc([C@@H]2NC(=O)c3c(sc4c3CCC4)N2)cc1. The Labute approximate surface area is 127 Å². The number of methoxy groups -OCH3 is 1. The van der Waals surface area contributed by atoms with Crippen molar-refractivity contribution in [3.8, 4) is 5.75 Å². The maximum Gasteiger partial charge on any atom is 0.256 e. The van der Waals surface area contributed by atoms with Crippen LogP contribution < -0.4 is 15.4 Å². The molecule has 0 fully saturated rings. The maximum absolute atomic E-state index is 12.4. The molecule has 2 N–H and O–H groups in total. The number of hydrogen-bond acceptors (Lipinski definition) is 4. The highest BCUT2D eigenvalue weighted by atomic mass is 32.1. The van der Waals surface area contributed by atoms with E-state index in [9.17, 15) is 4.79 Å². The predicted octanol–water partition coefficient (Wildman–Crippen LogP) is 3.10. The van der Waals surface area contributed by atoms with E-state index in [-0.39, 0.29) is 12.1 Å². The van der Waals surface area contributed by atoms with Crippen molar-refractivity contribution in [2.75, 3.05) is 12.4 Å². The van der Waals surface area contributed by atoms with E-state index in [1.54, 1.807) is 18.4 Å². The van der Waals surface area contributed by atoms with Crippen LogP contribution in [0.3, 0.4) is 0 Å². The zero-order valence-electron chi connectivity index (χ0n) is 11.7. The van der Waals surface area contributed by atoms with E-state index in [2.05, 4.69) is 10.6 Å². The van der Waals surface area contributed by atoms with Gasteiger partial charge in [-0.15, -0.1) is 11.3 Å². The van der Waals surface area contributed by atoms with Crippen LogP contribution in [0, 0.1) is 0 Å². The summed E-state index contributed by atoms with van der Waals surface area (Å²) in [6.07, 6.45) is 3.14. The standard InChI is InChI=1S/C16H16N2O2S/c1-20-10-7-5-9(6-8-10)14-17-15(19)13-11-3-2-4-12(11)21-16(13)18-14/h5-8,14,18H,2-4H2,1H3,(H,17,19)/t14-/m1/s1. The van der Waals surface area contributed by atoms with E-state index >= 15 is 0 Å². The summed E-state index contributed by atoms with van der Waals surface area (Å²) in [6, 6.07) is 7.77. The zero-order valence-corrected chi connectivity index (χ0v) is 12.5. The van der Waals surface area contributed by atoms with Gasteiger partial charge in [0.15, 0.2) is 0 Å². The minimum atomic E-state index is -0.172. The van der Waals surface area contributed by atoms with Crippen LogP contribution in [-0.2, 0) is 12.8 Å². The molecule has 108 valence electrons. The van der Waals surface area contributed by atoms with Crippen molar-refractivity contribution in [2.45, 2.75) is 25.4 Å². The summed E-state index contributed by atoms with van der Waals surface area (Å²) in [7, 11) is 1.65. The number of carbonyl (C=O) groups is 1. The van der Waals surface area contributed by atoms with Crippen molar-refractivity contribution in [1.82, 2.24) is 5.32 Å². The molecule has 0 unspecified atom stereocenters. The van der Waals surface area contributed by atoms with E-state index in [1.165, 1.54) is 16.9 Å². The number of carbonyl (C=O) groups excluding carboxylic acids is 1. The van der Waals surface area contributed by atoms with Gasteiger partial charge in [-0.3, -0.25) is 4.79 Å². The van der Waals surface area contributed by atoms with Crippen LogP contribution in [-0.4, -0.2) is 13.0 Å². The van der Waals surface area contributed by atoms with Crippen LogP contribution >= 0.6 is 11.3 Å². The van der Waals surface area contributed by atoms with Gasteiger partial charge in [0, 0.05) is 4.88 Å². The number of fused-ring (bicyclic) bond motifs is 3. The summed E-state index contributed by atoms with van der Waals surface area (Å²) in [5, 5.41) is 7.53. The lowest BCUT2D eigenvalue weighted by atomic mass is 10.1. The fraction of sp³-hybridized carbons (Fsp3) is 0.312. The molecule has 1 aliphatic heterocycles. The van der Waals surface area contributed by atoms with Crippen LogP contribution in [0.1, 0.15) is 38.9 Å². The second kappa shape index (κ2) is 4.77. The molecule has 0 bridgehead atoms. The van der Waals surface area contributed by atoms with Gasteiger partial charge in [0.25, 0.3) is 5.91 Å². The molecule has 2 aliphatic rings. The number of aryl methyl sites for hydroxylation is 1. The Kier molecular flexibility index (Phi) is 2.89. The number of ether oxygens (including phenoxy) is 1. The molecule has 0 spiro atoms. The molecule has 2 heterocycles. The first kappa shape index (κ1) is 12.7. The summed E-state index contributed by atoms with van der Waals surface area (Å²) in [4.78, 5) is 13.8. The van der Waals surface area contributed by atoms with Crippen molar-refractivity contribution >= 4 is 22.2 Å². The van der Waals surface area contributed by atoms with Crippen LogP contribution in [0.5, 0.6) is 5.75 Å². The summed E-state index contributed by atoms with van der Waals surface area (Å²) in [5.74, 6) is 0.862. The van der Waals surface area contributed by atoms with Crippen molar-refractivity contribution in [1.29, 1.82) is 0 Å². The Bertz CT molecular complexity index is 706. The van der Waals surface area contributed by atoms with Crippen LogP contribution in [0.15, 0.2) is 24.3 Å². The monoisotopic (exact) mass is 300 g/mol. The van der Waals surface area contributed by atoms with Gasteiger partial charge in [-0.1, -0.05) is 12.1 Å². The van der Waals surface area contributed by atoms with Crippen LogP contribution in [0.2, 0.25) is 0 Å². The maximum atomic E-state index is 12.4. The molecule has 0 radical (unpaired) electrons. The second-order valence-corrected chi connectivity index (χ2v) is 6.49. The lowest BCUT2D eigenvalue weighted by Gasteiger charge is -2.26. The molecule has 1 atom stereocenters. The van der Waals surface area contributed by atoms with E-state index in [4.69, 9.17) is 4.74 Å². The molecular formula is C16H16N2O2S. The largest absolute Gasteiger partial charge is 0.497 e. The molecule has 1 amide bonds. The predicted molar refractivity (Wildman–Crippen MR) is 83.2 cm³/mol. The topological polar surface area (TPSA) is 50.4 Å². The van der Waals surface area contributed by atoms with Gasteiger partial charge >= 0.3 is 0 Å². The zero-order chi connectivity index (χ0) is 14.4. The van der Waals surface area contributed by atoms with E-state index in [0.29, 0.717) is 0 Å². The van der Waals surface area contributed by atoms with E-state index in [0.717, 1.165) is 34.7 Å². The lowest BCUT2D eigenvalue weighted by Crippen LogP contribution is -2.38. The molecule has 1 aromatic heterocycles. The summed E-state index contributed by atoms with van der Waals surface area (Å²) >= 11 is 1.74. The highest BCUT2D eigenvalue weighted by Gasteiger charge is 2.32. The van der Waals surface area contributed by atoms with Crippen LogP contribution in [0.4, 0.5) is 5.00 Å². The summed E-state index contributed by atoms with van der Waals surface area (Å²) in [6.45, 7) is 0. The van der Waals surface area contributed by atoms with E-state index in [1.807, 2.05) is 24.3 Å². The van der Waals surface area contributed by atoms with Gasteiger partial charge in [-0.2, -0.15) is 0 Å². The normalized spacial score (nSPS) is 19.5. The number of thiophene rings is 1. The number of rotatable bonds is 2. The second-order valence-electron chi connectivity index (χ2n) is 5.39. The molecule has 0 saturated heterocycles. The molecular weight excluding hydrogens is 284 g/mol. The molecule has 2 aromatic rings. The van der Waals surface area contributed by atoms with Gasteiger partial charge in [0.1, 0.15) is 16.9 Å². The molecule has 0 saturated carbocycles. The molecule has 4 rings (SSSR count). The third-order valence-corrected chi connectivity index (χ3v) is 5.37. The summed E-state index contributed by atoms with van der Waals surface area (Å²) in [5.41, 5.74) is 3.16. The molecule has 1 aromatic carbocycles. The minimum absolute atomic E-state index is 0.0453. The number of benzene rings is 1.